The van der Waals surface area contributed by atoms with Crippen molar-refractivity contribution in [1.82, 2.24) is 10.2 Å². The highest BCUT2D eigenvalue weighted by molar-refractivity contribution is 7.89. The summed E-state index contributed by atoms with van der Waals surface area (Å²) in [6, 6.07) is 14.1. The molecule has 0 unspecified atom stereocenters. The van der Waals surface area contributed by atoms with E-state index in [9.17, 15) is 13.2 Å². The van der Waals surface area contributed by atoms with Gasteiger partial charge in [0.25, 0.3) is 0 Å². The Kier molecular flexibility index (Phi) is 7.35. The lowest BCUT2D eigenvalue weighted by Crippen LogP contribution is -2.35. The molecule has 3 N–H and O–H groups in total. The second-order valence-electron chi connectivity index (χ2n) is 6.31. The van der Waals surface area contributed by atoms with Crippen molar-refractivity contribution in [2.75, 3.05) is 27.2 Å². The number of rotatable bonds is 9. The predicted octanol–water partition coefficient (Wildman–Crippen LogP) is 1.13. The maximum absolute atomic E-state index is 12.1. The fourth-order valence-electron chi connectivity index (χ4n) is 2.59. The Balaban J connectivity index is 1.73. The molecule has 146 valence electrons. The Morgan fingerprint density at radius 2 is 1.67 bits per heavy atom. The van der Waals surface area contributed by atoms with Gasteiger partial charge in [-0.25, -0.2) is 13.6 Å². The molecule has 27 heavy (non-hydrogen) atoms. The number of amides is 1. The lowest BCUT2D eigenvalue weighted by atomic mass is 10.1. The Morgan fingerprint density at radius 1 is 1.07 bits per heavy atom. The molecule has 2 aromatic carbocycles. The molecule has 0 saturated carbocycles. The van der Waals surface area contributed by atoms with E-state index in [0.717, 1.165) is 16.9 Å². The van der Waals surface area contributed by atoms with E-state index in [1.807, 2.05) is 36.2 Å². The van der Waals surface area contributed by atoms with Crippen molar-refractivity contribution in [2.45, 2.75) is 17.9 Å². The maximum Gasteiger partial charge on any atom is 0.238 e. The van der Waals surface area contributed by atoms with Crippen LogP contribution in [-0.2, 0) is 27.8 Å². The molecule has 1 amide bonds. The molecule has 7 nitrogen and oxygen atoms in total. The van der Waals surface area contributed by atoms with Gasteiger partial charge in [0.05, 0.1) is 18.6 Å². The molecule has 0 aromatic heterocycles. The van der Waals surface area contributed by atoms with Gasteiger partial charge in [-0.15, -0.1) is 0 Å². The minimum absolute atomic E-state index is 0.0628. The van der Waals surface area contributed by atoms with Gasteiger partial charge in [-0.3, -0.25) is 9.69 Å². The van der Waals surface area contributed by atoms with Crippen LogP contribution in [0.3, 0.4) is 0 Å². The van der Waals surface area contributed by atoms with E-state index in [2.05, 4.69) is 5.32 Å². The fourth-order valence-corrected chi connectivity index (χ4v) is 3.11. The first-order valence-corrected chi connectivity index (χ1v) is 10.0. The van der Waals surface area contributed by atoms with Crippen molar-refractivity contribution >= 4 is 15.9 Å². The Hall–Kier alpha value is -2.42. The van der Waals surface area contributed by atoms with Crippen molar-refractivity contribution in [2.24, 2.45) is 5.14 Å². The van der Waals surface area contributed by atoms with Crippen molar-refractivity contribution in [3.05, 3.63) is 59.7 Å². The van der Waals surface area contributed by atoms with Crippen molar-refractivity contribution in [3.8, 4) is 5.75 Å². The zero-order chi connectivity index (χ0) is 19.9. The summed E-state index contributed by atoms with van der Waals surface area (Å²) >= 11 is 0. The average molecular weight is 391 g/mol. The normalized spacial score (nSPS) is 11.4. The molecule has 0 fully saturated rings. The number of likely N-dealkylation sites (N-methyl/N-ethyl adjacent to an activating group) is 1. The number of ether oxygens (including phenoxy) is 1. The van der Waals surface area contributed by atoms with Crippen LogP contribution in [0.5, 0.6) is 5.75 Å². The van der Waals surface area contributed by atoms with Gasteiger partial charge in [-0.1, -0.05) is 24.3 Å². The van der Waals surface area contributed by atoms with Crippen LogP contribution in [0, 0.1) is 0 Å². The molecule has 0 heterocycles. The summed E-state index contributed by atoms with van der Waals surface area (Å²) in [4.78, 5) is 14.1. The van der Waals surface area contributed by atoms with Gasteiger partial charge in [0.2, 0.25) is 15.9 Å². The number of benzene rings is 2. The Morgan fingerprint density at radius 3 is 2.22 bits per heavy atom. The average Bonchev–Trinajstić information content (AvgIpc) is 2.62. The molecule has 0 aliphatic heterocycles. The fraction of sp³-hybridized carbons (Fsp3) is 0.316. The summed E-state index contributed by atoms with van der Waals surface area (Å²) in [5, 5.41) is 7.93. The third-order valence-electron chi connectivity index (χ3n) is 4.01. The van der Waals surface area contributed by atoms with E-state index in [-0.39, 0.29) is 17.3 Å². The van der Waals surface area contributed by atoms with Crippen molar-refractivity contribution in [1.29, 1.82) is 0 Å². The van der Waals surface area contributed by atoms with Gasteiger partial charge >= 0.3 is 0 Å². The van der Waals surface area contributed by atoms with Gasteiger partial charge < -0.3 is 10.1 Å². The van der Waals surface area contributed by atoms with E-state index in [4.69, 9.17) is 9.88 Å². The second kappa shape index (κ2) is 9.50. The minimum Gasteiger partial charge on any atom is -0.497 e. The molecule has 0 aliphatic carbocycles. The van der Waals surface area contributed by atoms with Gasteiger partial charge in [-0.2, -0.15) is 0 Å². The molecule has 0 bridgehead atoms. The monoisotopic (exact) mass is 391 g/mol. The first kappa shape index (κ1) is 20.9. The highest BCUT2D eigenvalue weighted by Gasteiger charge is 2.08. The van der Waals surface area contributed by atoms with Gasteiger partial charge in [0.15, 0.2) is 0 Å². The third kappa shape index (κ3) is 7.01. The SMILES string of the molecule is COc1ccc(CN(C)CC(=O)NCCc2ccc(S(N)(=O)=O)cc2)cc1. The number of nitrogens with one attached hydrogen (secondary N) is 1. The quantitative estimate of drug-likeness (QED) is 0.667. The van der Waals surface area contributed by atoms with Crippen LogP contribution in [0.4, 0.5) is 0 Å². The van der Waals surface area contributed by atoms with E-state index in [1.54, 1.807) is 19.2 Å². The summed E-state index contributed by atoms with van der Waals surface area (Å²) < 4.78 is 27.6. The molecule has 0 radical (unpaired) electrons. The number of methoxy groups -OCH3 is 1. The number of primary sulfonamides is 1. The molecule has 0 saturated heterocycles. The number of hydrogen-bond acceptors (Lipinski definition) is 5. The molecule has 2 rings (SSSR count). The van der Waals surface area contributed by atoms with Gasteiger partial charge in [-0.05, 0) is 48.9 Å². The maximum atomic E-state index is 12.1. The molecule has 8 heteroatoms. The zero-order valence-corrected chi connectivity index (χ0v) is 16.3. The number of nitrogens with two attached hydrogens (primary N) is 1. The molecular formula is C19H25N3O4S. The van der Waals surface area contributed by atoms with Gasteiger partial charge in [0.1, 0.15) is 5.75 Å². The van der Waals surface area contributed by atoms with Crippen molar-refractivity contribution in [3.63, 3.8) is 0 Å². The van der Waals surface area contributed by atoms with Crippen LogP contribution in [-0.4, -0.2) is 46.5 Å². The standard InChI is InChI=1S/C19H25N3O4S/c1-22(13-16-3-7-17(26-2)8-4-16)14-19(23)21-12-11-15-5-9-18(10-6-15)27(20,24)25/h3-10H,11-14H2,1-2H3,(H,21,23)(H2,20,24,25). The summed E-state index contributed by atoms with van der Waals surface area (Å²) in [5.74, 6) is 0.739. The number of carbonyl (C=O) groups excluding carboxylic acids is 1. The number of nitrogens with zero attached hydrogens (tertiary/aromatic N) is 1. The summed E-state index contributed by atoms with van der Waals surface area (Å²) in [7, 11) is -0.169. The molecule has 2 aromatic rings. The van der Waals surface area contributed by atoms with Crippen LogP contribution < -0.4 is 15.2 Å². The second-order valence-corrected chi connectivity index (χ2v) is 7.87. The van der Waals surface area contributed by atoms with E-state index in [0.29, 0.717) is 19.5 Å². The van der Waals surface area contributed by atoms with Crippen LogP contribution >= 0.6 is 0 Å². The van der Waals surface area contributed by atoms with Crippen LogP contribution in [0.15, 0.2) is 53.4 Å². The smallest absolute Gasteiger partial charge is 0.238 e. The molecule has 0 aliphatic rings. The Bertz CT molecular complexity index is 850. The molecule has 0 atom stereocenters. The van der Waals surface area contributed by atoms with Gasteiger partial charge in [0, 0.05) is 13.1 Å². The first-order chi connectivity index (χ1) is 12.8. The number of carbonyl (C=O) groups is 1. The lowest BCUT2D eigenvalue weighted by molar-refractivity contribution is -0.122. The lowest BCUT2D eigenvalue weighted by Gasteiger charge is -2.16. The summed E-state index contributed by atoms with van der Waals surface area (Å²) in [5.41, 5.74) is 2.02. The largest absolute Gasteiger partial charge is 0.497 e. The van der Waals surface area contributed by atoms with E-state index >= 15 is 0 Å². The highest BCUT2D eigenvalue weighted by atomic mass is 32.2. The third-order valence-corrected chi connectivity index (χ3v) is 4.94. The van der Waals surface area contributed by atoms with E-state index < -0.39 is 10.0 Å². The number of hydrogen-bond donors (Lipinski definition) is 2. The van der Waals surface area contributed by atoms with Crippen molar-refractivity contribution < 1.29 is 17.9 Å². The predicted molar refractivity (Wildman–Crippen MR) is 104 cm³/mol. The topological polar surface area (TPSA) is 102 Å². The van der Waals surface area contributed by atoms with Crippen LogP contribution in [0.25, 0.3) is 0 Å². The highest BCUT2D eigenvalue weighted by Crippen LogP contribution is 2.12. The Labute approximate surface area is 160 Å². The summed E-state index contributed by atoms with van der Waals surface area (Å²) in [6.45, 7) is 1.42. The molecule has 0 spiro atoms. The zero-order valence-electron chi connectivity index (χ0n) is 15.5. The summed E-state index contributed by atoms with van der Waals surface area (Å²) in [6.07, 6.45) is 0.610. The molecular weight excluding hydrogens is 366 g/mol. The van der Waals surface area contributed by atoms with Crippen LogP contribution in [0.1, 0.15) is 11.1 Å². The minimum atomic E-state index is -3.68. The first-order valence-electron chi connectivity index (χ1n) is 8.48. The van der Waals surface area contributed by atoms with Crippen LogP contribution in [0.2, 0.25) is 0 Å². The number of sulfonamides is 1. The van der Waals surface area contributed by atoms with E-state index in [1.165, 1.54) is 12.1 Å².